The molecule has 0 bridgehead atoms. The largest absolute Gasteiger partial charge is 0.457 e. The Hall–Kier alpha value is -3.25. The van der Waals surface area contributed by atoms with Crippen LogP contribution >= 0.6 is 0 Å². The SMILES string of the molecule is CCN1CCCC1c1cc2[nH]c(-c3ccccn3)nc2cc1Oc1ccc(F)cc1. The van der Waals surface area contributed by atoms with E-state index in [2.05, 4.69) is 27.9 Å². The summed E-state index contributed by atoms with van der Waals surface area (Å²) in [6.07, 6.45) is 4.00. The number of rotatable bonds is 5. The monoisotopic (exact) mass is 402 g/mol. The van der Waals surface area contributed by atoms with Crippen LogP contribution in [0.2, 0.25) is 0 Å². The van der Waals surface area contributed by atoms with Crippen LogP contribution in [-0.4, -0.2) is 32.9 Å². The molecule has 0 spiro atoms. The molecule has 3 heterocycles. The first-order chi connectivity index (χ1) is 14.7. The second-order valence-electron chi connectivity index (χ2n) is 7.55. The Bertz CT molecular complexity index is 1160. The zero-order valence-electron chi connectivity index (χ0n) is 16.8. The highest BCUT2D eigenvalue weighted by atomic mass is 19.1. The van der Waals surface area contributed by atoms with Gasteiger partial charge in [0.15, 0.2) is 5.82 Å². The van der Waals surface area contributed by atoms with Crippen LogP contribution in [0.25, 0.3) is 22.6 Å². The van der Waals surface area contributed by atoms with Gasteiger partial charge in [0, 0.05) is 23.9 Å². The lowest BCUT2D eigenvalue weighted by Crippen LogP contribution is -2.23. The molecule has 1 unspecified atom stereocenters. The van der Waals surface area contributed by atoms with Crippen molar-refractivity contribution in [3.05, 3.63) is 72.2 Å². The van der Waals surface area contributed by atoms with Crippen molar-refractivity contribution in [2.75, 3.05) is 13.1 Å². The minimum Gasteiger partial charge on any atom is -0.457 e. The Morgan fingerprint density at radius 2 is 2.03 bits per heavy atom. The Morgan fingerprint density at radius 1 is 1.17 bits per heavy atom. The molecule has 4 aromatic rings. The average molecular weight is 402 g/mol. The standard InChI is InChI=1S/C24H23FN4O/c1-2-29-13-5-7-22(29)18-14-20-21(28-24(27-20)19-6-3-4-12-26-19)15-23(18)30-17-10-8-16(25)9-11-17/h3-4,6,8-12,14-15,22H,2,5,7,13H2,1H3,(H,27,28). The number of hydrogen-bond donors (Lipinski definition) is 1. The van der Waals surface area contributed by atoms with Gasteiger partial charge in [-0.2, -0.15) is 0 Å². The molecular formula is C24H23FN4O. The van der Waals surface area contributed by atoms with E-state index < -0.39 is 0 Å². The predicted molar refractivity (Wildman–Crippen MR) is 115 cm³/mol. The highest BCUT2D eigenvalue weighted by Gasteiger charge is 2.28. The summed E-state index contributed by atoms with van der Waals surface area (Å²) < 4.78 is 19.6. The van der Waals surface area contributed by atoms with E-state index in [0.29, 0.717) is 5.75 Å². The third-order valence-electron chi connectivity index (χ3n) is 5.69. The third kappa shape index (κ3) is 3.55. The molecule has 5 rings (SSSR count). The van der Waals surface area contributed by atoms with E-state index in [-0.39, 0.29) is 11.9 Å². The van der Waals surface area contributed by atoms with E-state index in [9.17, 15) is 4.39 Å². The fraction of sp³-hybridized carbons (Fsp3) is 0.250. The van der Waals surface area contributed by atoms with Gasteiger partial charge in [0.2, 0.25) is 0 Å². The number of aromatic amines is 1. The van der Waals surface area contributed by atoms with Crippen molar-refractivity contribution >= 4 is 11.0 Å². The number of aromatic nitrogens is 3. The van der Waals surface area contributed by atoms with E-state index in [1.54, 1.807) is 18.3 Å². The van der Waals surface area contributed by atoms with E-state index in [0.717, 1.165) is 59.8 Å². The smallest absolute Gasteiger partial charge is 0.157 e. The lowest BCUT2D eigenvalue weighted by Gasteiger charge is -2.25. The van der Waals surface area contributed by atoms with E-state index >= 15 is 0 Å². The summed E-state index contributed by atoms with van der Waals surface area (Å²) >= 11 is 0. The minimum absolute atomic E-state index is 0.279. The molecule has 1 aliphatic heterocycles. The number of halogens is 1. The summed E-state index contributed by atoms with van der Waals surface area (Å²) in [5, 5.41) is 0. The van der Waals surface area contributed by atoms with Crippen molar-refractivity contribution in [3.63, 3.8) is 0 Å². The topological polar surface area (TPSA) is 54.0 Å². The summed E-state index contributed by atoms with van der Waals surface area (Å²) in [7, 11) is 0. The lowest BCUT2D eigenvalue weighted by atomic mass is 10.0. The van der Waals surface area contributed by atoms with E-state index in [4.69, 9.17) is 9.72 Å². The quantitative estimate of drug-likeness (QED) is 0.464. The van der Waals surface area contributed by atoms with Crippen LogP contribution in [0.5, 0.6) is 11.5 Å². The fourth-order valence-electron chi connectivity index (χ4n) is 4.21. The van der Waals surface area contributed by atoms with Gasteiger partial charge < -0.3 is 9.72 Å². The number of likely N-dealkylation sites (tertiary alicyclic amines) is 1. The summed E-state index contributed by atoms with van der Waals surface area (Å²) in [5.74, 6) is 1.82. The molecule has 30 heavy (non-hydrogen) atoms. The van der Waals surface area contributed by atoms with E-state index in [1.807, 2.05) is 24.3 Å². The molecule has 0 radical (unpaired) electrons. The highest BCUT2D eigenvalue weighted by molar-refractivity contribution is 5.82. The van der Waals surface area contributed by atoms with Gasteiger partial charge in [0.05, 0.1) is 11.0 Å². The van der Waals surface area contributed by atoms with Crippen molar-refractivity contribution in [2.45, 2.75) is 25.8 Å². The Kier molecular flexibility index (Phi) is 4.93. The number of benzene rings is 2. The van der Waals surface area contributed by atoms with Gasteiger partial charge in [-0.25, -0.2) is 9.37 Å². The number of pyridine rings is 1. The Balaban J connectivity index is 1.61. The molecule has 2 aromatic carbocycles. The average Bonchev–Trinajstić information content (AvgIpc) is 3.41. The van der Waals surface area contributed by atoms with Gasteiger partial charge in [-0.3, -0.25) is 9.88 Å². The molecule has 0 saturated carbocycles. The first-order valence-electron chi connectivity index (χ1n) is 10.3. The van der Waals surface area contributed by atoms with Gasteiger partial charge >= 0.3 is 0 Å². The number of fused-ring (bicyclic) bond motifs is 1. The molecule has 0 amide bonds. The number of ether oxygens (including phenoxy) is 1. The Labute approximate surface area is 174 Å². The van der Waals surface area contributed by atoms with Gasteiger partial charge in [0.1, 0.15) is 23.0 Å². The maximum absolute atomic E-state index is 13.3. The predicted octanol–water partition coefficient (Wildman–Crippen LogP) is 5.71. The second kappa shape index (κ2) is 7.88. The number of H-pyrrole nitrogens is 1. The molecule has 1 aliphatic rings. The summed E-state index contributed by atoms with van der Waals surface area (Å²) in [6.45, 7) is 4.25. The highest BCUT2D eigenvalue weighted by Crippen LogP contribution is 2.40. The molecule has 0 aliphatic carbocycles. The van der Waals surface area contributed by atoms with Crippen LogP contribution < -0.4 is 4.74 Å². The number of nitrogens with zero attached hydrogens (tertiary/aromatic N) is 3. The van der Waals surface area contributed by atoms with Crippen molar-refractivity contribution in [3.8, 4) is 23.0 Å². The molecule has 1 N–H and O–H groups in total. The summed E-state index contributed by atoms with van der Waals surface area (Å²) in [4.78, 5) is 15.0. The third-order valence-corrected chi connectivity index (χ3v) is 5.69. The van der Waals surface area contributed by atoms with Crippen LogP contribution in [0.4, 0.5) is 4.39 Å². The van der Waals surface area contributed by atoms with Crippen molar-refractivity contribution in [1.29, 1.82) is 0 Å². The molecule has 6 heteroatoms. The van der Waals surface area contributed by atoms with Crippen LogP contribution in [0.1, 0.15) is 31.4 Å². The molecule has 1 fully saturated rings. The maximum Gasteiger partial charge on any atom is 0.157 e. The van der Waals surface area contributed by atoms with E-state index in [1.165, 1.54) is 12.1 Å². The molecule has 1 saturated heterocycles. The molecule has 1 atom stereocenters. The second-order valence-corrected chi connectivity index (χ2v) is 7.55. The summed E-state index contributed by atoms with van der Waals surface area (Å²) in [6, 6.07) is 16.3. The van der Waals surface area contributed by atoms with Crippen molar-refractivity contribution in [1.82, 2.24) is 19.9 Å². The minimum atomic E-state index is -0.279. The van der Waals surface area contributed by atoms with Crippen LogP contribution in [0, 0.1) is 5.82 Å². The molecule has 5 nitrogen and oxygen atoms in total. The number of nitrogens with one attached hydrogen (secondary N) is 1. The first kappa shape index (κ1) is 18.8. The van der Waals surface area contributed by atoms with Gasteiger partial charge in [0.25, 0.3) is 0 Å². The molecular weight excluding hydrogens is 379 g/mol. The lowest BCUT2D eigenvalue weighted by molar-refractivity contribution is 0.267. The van der Waals surface area contributed by atoms with Gasteiger partial charge in [-0.1, -0.05) is 13.0 Å². The summed E-state index contributed by atoms with van der Waals surface area (Å²) in [5.41, 5.74) is 3.70. The van der Waals surface area contributed by atoms with Gasteiger partial charge in [-0.15, -0.1) is 0 Å². The fourth-order valence-corrected chi connectivity index (χ4v) is 4.21. The first-order valence-corrected chi connectivity index (χ1v) is 10.3. The number of imidazole rings is 1. The van der Waals surface area contributed by atoms with Crippen molar-refractivity contribution < 1.29 is 9.13 Å². The van der Waals surface area contributed by atoms with Crippen LogP contribution in [-0.2, 0) is 0 Å². The zero-order valence-corrected chi connectivity index (χ0v) is 16.8. The van der Waals surface area contributed by atoms with Crippen LogP contribution in [0.15, 0.2) is 60.8 Å². The van der Waals surface area contributed by atoms with Crippen molar-refractivity contribution in [2.24, 2.45) is 0 Å². The number of hydrogen-bond acceptors (Lipinski definition) is 4. The molecule has 152 valence electrons. The normalized spacial score (nSPS) is 16.9. The van der Waals surface area contributed by atoms with Gasteiger partial charge in [-0.05, 0) is 68.4 Å². The maximum atomic E-state index is 13.3. The molecule has 2 aromatic heterocycles. The zero-order chi connectivity index (χ0) is 20.5. The Morgan fingerprint density at radius 3 is 2.80 bits per heavy atom. The van der Waals surface area contributed by atoms with Crippen LogP contribution in [0.3, 0.4) is 0 Å².